The van der Waals surface area contributed by atoms with Crippen LogP contribution in [-0.4, -0.2) is 58.9 Å². The highest BCUT2D eigenvalue weighted by Crippen LogP contribution is 2.23. The predicted octanol–water partition coefficient (Wildman–Crippen LogP) is 1.53. The van der Waals surface area contributed by atoms with Crippen molar-refractivity contribution in [1.29, 1.82) is 0 Å². The normalized spacial score (nSPS) is 20.0. The second-order valence-corrected chi connectivity index (χ2v) is 7.19. The van der Waals surface area contributed by atoms with Crippen molar-refractivity contribution in [1.82, 2.24) is 14.9 Å². The van der Waals surface area contributed by atoms with E-state index in [-0.39, 0.29) is 5.57 Å². The van der Waals surface area contributed by atoms with Gasteiger partial charge < -0.3 is 24.5 Å². The number of nitrogens with zero attached hydrogens (tertiary/aromatic N) is 2. The Balaban J connectivity index is 1.47. The number of esters is 2. The Morgan fingerprint density at radius 1 is 1.21 bits per heavy atom. The molecule has 2 aliphatic rings. The molecule has 0 amide bonds. The van der Waals surface area contributed by atoms with E-state index in [4.69, 9.17) is 14.2 Å². The first-order valence-corrected chi connectivity index (χ1v) is 9.12. The van der Waals surface area contributed by atoms with E-state index in [2.05, 4.69) is 20.2 Å². The number of rotatable bonds is 4. The number of anilines is 1. The summed E-state index contributed by atoms with van der Waals surface area (Å²) >= 11 is 0. The Labute approximate surface area is 161 Å². The number of ether oxygens (including phenoxy) is 3. The molecule has 0 radical (unpaired) electrons. The third kappa shape index (κ3) is 4.00. The molecule has 0 atom stereocenters. The van der Waals surface area contributed by atoms with Gasteiger partial charge in [0.25, 0.3) is 5.79 Å². The molecule has 0 bridgehead atoms. The molecule has 2 aromatic rings. The van der Waals surface area contributed by atoms with Crippen molar-refractivity contribution >= 4 is 28.7 Å². The number of aromatic amines is 1. The van der Waals surface area contributed by atoms with E-state index >= 15 is 0 Å². The zero-order chi connectivity index (χ0) is 19.7. The smallest absolute Gasteiger partial charge is 0.350 e. The minimum absolute atomic E-state index is 0.183. The van der Waals surface area contributed by atoms with Gasteiger partial charge in [-0.2, -0.15) is 0 Å². The van der Waals surface area contributed by atoms with E-state index < -0.39 is 17.7 Å². The number of carbonyl (C=O) groups excluding carboxylic acids is 2. The first kappa shape index (κ1) is 18.5. The van der Waals surface area contributed by atoms with Crippen molar-refractivity contribution < 1.29 is 23.8 Å². The Bertz CT molecular complexity index is 921. The zero-order valence-corrected chi connectivity index (χ0v) is 15.8. The van der Waals surface area contributed by atoms with Crippen molar-refractivity contribution in [3.8, 4) is 0 Å². The fraction of sp³-hybridized carbons (Fsp3) is 0.421. The molecule has 4 rings (SSSR count). The molecule has 3 heterocycles. The summed E-state index contributed by atoms with van der Waals surface area (Å²) in [6.07, 6.45) is 1.30. The van der Waals surface area contributed by atoms with Crippen LogP contribution >= 0.6 is 0 Å². The Morgan fingerprint density at radius 3 is 2.64 bits per heavy atom. The summed E-state index contributed by atoms with van der Waals surface area (Å²) in [5.74, 6) is -1.81. The summed E-state index contributed by atoms with van der Waals surface area (Å²) in [7, 11) is 0. The standard InChI is InChI=1S/C19H22N4O5/c1-19(2)27-17(24)13(18(25)28-19)10-20-12-3-4-14-15(9-12)22-16(21-14)11-23-5-7-26-8-6-23/h3-4,9-10,20H,5-8,11H2,1-2H3,(H,21,22). The van der Waals surface area contributed by atoms with E-state index in [1.165, 1.54) is 20.0 Å². The highest BCUT2D eigenvalue weighted by molar-refractivity contribution is 6.15. The molecule has 0 saturated carbocycles. The number of H-pyrrole nitrogens is 1. The minimum Gasteiger partial charge on any atom is -0.419 e. The van der Waals surface area contributed by atoms with E-state index in [1.807, 2.05) is 18.2 Å². The summed E-state index contributed by atoms with van der Waals surface area (Å²) in [4.78, 5) is 34.2. The number of hydrogen-bond acceptors (Lipinski definition) is 8. The van der Waals surface area contributed by atoms with Gasteiger partial charge in [-0.3, -0.25) is 4.90 Å². The molecule has 148 valence electrons. The maximum absolute atomic E-state index is 12.0. The maximum atomic E-state index is 12.0. The molecule has 2 saturated heterocycles. The Hall–Kier alpha value is -2.91. The summed E-state index contributed by atoms with van der Waals surface area (Å²) in [5.41, 5.74) is 2.23. The molecular formula is C19H22N4O5. The SMILES string of the molecule is CC1(C)OC(=O)C(=CNc2ccc3nc(CN4CCOCC4)[nH]c3c2)C(=O)O1. The van der Waals surface area contributed by atoms with Gasteiger partial charge >= 0.3 is 11.9 Å². The second-order valence-electron chi connectivity index (χ2n) is 7.19. The van der Waals surface area contributed by atoms with Gasteiger partial charge in [-0.1, -0.05) is 0 Å². The first-order valence-electron chi connectivity index (χ1n) is 9.12. The van der Waals surface area contributed by atoms with Crippen LogP contribution in [0.5, 0.6) is 0 Å². The minimum atomic E-state index is -1.25. The number of carbonyl (C=O) groups is 2. The summed E-state index contributed by atoms with van der Waals surface area (Å²) in [6.45, 7) is 7.01. The van der Waals surface area contributed by atoms with E-state index in [0.29, 0.717) is 5.69 Å². The lowest BCUT2D eigenvalue weighted by atomic mass is 10.2. The third-order valence-corrected chi connectivity index (χ3v) is 4.51. The molecule has 2 aliphatic heterocycles. The molecule has 1 aromatic heterocycles. The van der Waals surface area contributed by atoms with E-state index in [1.54, 1.807) is 0 Å². The summed E-state index contributed by atoms with van der Waals surface area (Å²) < 4.78 is 15.5. The summed E-state index contributed by atoms with van der Waals surface area (Å²) in [5, 5.41) is 2.95. The van der Waals surface area contributed by atoms with Crippen LogP contribution in [0.15, 0.2) is 30.0 Å². The number of fused-ring (bicyclic) bond motifs is 1. The number of morpholine rings is 1. The van der Waals surface area contributed by atoms with Crippen molar-refractivity contribution in [2.24, 2.45) is 0 Å². The van der Waals surface area contributed by atoms with Crippen LogP contribution < -0.4 is 5.32 Å². The van der Waals surface area contributed by atoms with Gasteiger partial charge in [-0.15, -0.1) is 0 Å². The van der Waals surface area contributed by atoms with Gasteiger partial charge in [0, 0.05) is 38.8 Å². The topological polar surface area (TPSA) is 106 Å². The van der Waals surface area contributed by atoms with Crippen LogP contribution in [-0.2, 0) is 30.3 Å². The highest BCUT2D eigenvalue weighted by Gasteiger charge is 2.38. The van der Waals surface area contributed by atoms with Crippen LogP contribution in [0, 0.1) is 0 Å². The maximum Gasteiger partial charge on any atom is 0.350 e. The largest absolute Gasteiger partial charge is 0.419 e. The molecule has 1 aromatic carbocycles. The van der Waals surface area contributed by atoms with Crippen molar-refractivity contribution in [2.75, 3.05) is 31.6 Å². The highest BCUT2D eigenvalue weighted by atomic mass is 16.7. The Kier molecular flexibility index (Phi) is 4.78. The number of benzene rings is 1. The average molecular weight is 386 g/mol. The van der Waals surface area contributed by atoms with Crippen molar-refractivity contribution in [3.63, 3.8) is 0 Å². The van der Waals surface area contributed by atoms with Crippen LogP contribution in [0.3, 0.4) is 0 Å². The molecule has 9 heteroatoms. The molecular weight excluding hydrogens is 364 g/mol. The lowest BCUT2D eigenvalue weighted by molar-refractivity contribution is -0.222. The molecule has 2 fully saturated rings. The van der Waals surface area contributed by atoms with Gasteiger partial charge in [-0.05, 0) is 18.2 Å². The number of aromatic nitrogens is 2. The predicted molar refractivity (Wildman–Crippen MR) is 100 cm³/mol. The molecule has 9 nitrogen and oxygen atoms in total. The average Bonchev–Trinajstić information content (AvgIpc) is 3.02. The van der Waals surface area contributed by atoms with Gasteiger partial charge in [0.2, 0.25) is 0 Å². The van der Waals surface area contributed by atoms with Gasteiger partial charge in [0.1, 0.15) is 5.82 Å². The molecule has 28 heavy (non-hydrogen) atoms. The molecule has 0 spiro atoms. The fourth-order valence-electron chi connectivity index (χ4n) is 3.13. The van der Waals surface area contributed by atoms with Crippen molar-refractivity contribution in [3.05, 3.63) is 35.8 Å². The van der Waals surface area contributed by atoms with E-state index in [0.717, 1.165) is 49.7 Å². The van der Waals surface area contributed by atoms with Crippen molar-refractivity contribution in [2.45, 2.75) is 26.2 Å². The molecule has 2 N–H and O–H groups in total. The molecule has 0 unspecified atom stereocenters. The van der Waals surface area contributed by atoms with E-state index in [9.17, 15) is 9.59 Å². The lowest BCUT2D eigenvalue weighted by Crippen LogP contribution is -2.42. The zero-order valence-electron chi connectivity index (χ0n) is 15.8. The first-order chi connectivity index (χ1) is 13.4. The van der Waals surface area contributed by atoms with Gasteiger partial charge in [0.15, 0.2) is 5.57 Å². The number of cyclic esters (lactones) is 2. The van der Waals surface area contributed by atoms with Gasteiger partial charge in [-0.25, -0.2) is 14.6 Å². The number of nitrogens with one attached hydrogen (secondary N) is 2. The lowest BCUT2D eigenvalue weighted by Gasteiger charge is -2.29. The Morgan fingerprint density at radius 2 is 1.93 bits per heavy atom. The third-order valence-electron chi connectivity index (χ3n) is 4.51. The molecule has 0 aliphatic carbocycles. The monoisotopic (exact) mass is 386 g/mol. The van der Waals surface area contributed by atoms with Gasteiger partial charge in [0.05, 0.1) is 30.8 Å². The quantitative estimate of drug-likeness (QED) is 0.463. The van der Waals surface area contributed by atoms with Crippen LogP contribution in [0.25, 0.3) is 11.0 Å². The van der Waals surface area contributed by atoms with Crippen LogP contribution in [0.2, 0.25) is 0 Å². The second kappa shape index (κ2) is 7.25. The summed E-state index contributed by atoms with van der Waals surface area (Å²) in [6, 6.07) is 5.56. The van der Waals surface area contributed by atoms with Crippen LogP contribution in [0.1, 0.15) is 19.7 Å². The fourth-order valence-corrected chi connectivity index (χ4v) is 3.13. The number of imidazole rings is 1. The number of hydrogen-bond donors (Lipinski definition) is 2. The van der Waals surface area contributed by atoms with Crippen LogP contribution in [0.4, 0.5) is 5.69 Å².